The van der Waals surface area contributed by atoms with Crippen LogP contribution in [0, 0.1) is 5.92 Å². The zero-order chi connectivity index (χ0) is 21.8. The maximum atomic E-state index is 12.4. The first-order valence-corrected chi connectivity index (χ1v) is 9.85. The number of nitrogens with one attached hydrogen (secondary N) is 3. The summed E-state index contributed by atoms with van der Waals surface area (Å²) in [4.78, 5) is 37.5. The number of carbonyl (C=O) groups is 2. The van der Waals surface area contributed by atoms with Gasteiger partial charge in [0.05, 0.1) is 24.1 Å². The van der Waals surface area contributed by atoms with Gasteiger partial charge >= 0.3 is 0 Å². The van der Waals surface area contributed by atoms with Crippen LogP contribution in [0.5, 0.6) is 5.75 Å². The van der Waals surface area contributed by atoms with Gasteiger partial charge in [-0.1, -0.05) is 6.07 Å². The molecule has 3 aromatic rings. The summed E-state index contributed by atoms with van der Waals surface area (Å²) in [5, 5.41) is 8.55. The second-order valence-corrected chi connectivity index (χ2v) is 7.04. The lowest BCUT2D eigenvalue weighted by Gasteiger charge is -2.16. The molecule has 3 aromatic heterocycles. The summed E-state index contributed by atoms with van der Waals surface area (Å²) in [5.41, 5.74) is 2.21. The van der Waals surface area contributed by atoms with Crippen LogP contribution in [0.15, 0.2) is 48.9 Å². The Balaban J connectivity index is 1.71. The molecule has 2 amide bonds. The van der Waals surface area contributed by atoms with E-state index in [1.165, 1.54) is 13.2 Å². The molecule has 9 nitrogen and oxygen atoms in total. The quantitative estimate of drug-likeness (QED) is 0.540. The molecule has 1 fully saturated rings. The summed E-state index contributed by atoms with van der Waals surface area (Å²) >= 11 is 0. The first-order chi connectivity index (χ1) is 15.1. The van der Waals surface area contributed by atoms with Gasteiger partial charge in [-0.05, 0) is 31.0 Å². The SMILES string of the molecule is CNC(=O)c1cnc(NC(=O)C2CC2)cc1Nc1nccc(-c2ccccn2)c1OC. The minimum absolute atomic E-state index is 0.0358. The zero-order valence-corrected chi connectivity index (χ0v) is 17.2. The second kappa shape index (κ2) is 8.78. The van der Waals surface area contributed by atoms with Gasteiger partial charge in [-0.3, -0.25) is 14.6 Å². The maximum Gasteiger partial charge on any atom is 0.254 e. The van der Waals surface area contributed by atoms with Gasteiger partial charge in [-0.25, -0.2) is 9.97 Å². The van der Waals surface area contributed by atoms with E-state index in [1.54, 1.807) is 31.6 Å². The first kappa shape index (κ1) is 20.3. The summed E-state index contributed by atoms with van der Waals surface area (Å²) in [5.74, 6) is 0.875. The van der Waals surface area contributed by atoms with E-state index in [2.05, 4.69) is 30.9 Å². The van der Waals surface area contributed by atoms with Gasteiger partial charge in [0, 0.05) is 43.2 Å². The first-order valence-electron chi connectivity index (χ1n) is 9.85. The molecule has 31 heavy (non-hydrogen) atoms. The molecule has 0 aliphatic heterocycles. The molecule has 0 spiro atoms. The van der Waals surface area contributed by atoms with Crippen LogP contribution in [0.25, 0.3) is 11.3 Å². The number of anilines is 3. The Morgan fingerprint density at radius 1 is 1.10 bits per heavy atom. The van der Waals surface area contributed by atoms with Crippen molar-refractivity contribution in [3.8, 4) is 17.0 Å². The maximum absolute atomic E-state index is 12.4. The largest absolute Gasteiger partial charge is 0.492 e. The monoisotopic (exact) mass is 418 g/mol. The third-order valence-electron chi connectivity index (χ3n) is 4.88. The molecule has 3 N–H and O–H groups in total. The Bertz CT molecular complexity index is 1120. The third-order valence-corrected chi connectivity index (χ3v) is 4.88. The van der Waals surface area contributed by atoms with Crippen LogP contribution in [-0.2, 0) is 4.79 Å². The Morgan fingerprint density at radius 2 is 1.94 bits per heavy atom. The zero-order valence-electron chi connectivity index (χ0n) is 17.2. The minimum Gasteiger partial charge on any atom is -0.492 e. The van der Waals surface area contributed by atoms with Crippen molar-refractivity contribution in [2.24, 2.45) is 5.92 Å². The lowest BCUT2D eigenvalue weighted by atomic mass is 10.1. The highest BCUT2D eigenvalue weighted by Crippen LogP contribution is 2.36. The minimum atomic E-state index is -0.324. The van der Waals surface area contributed by atoms with Crippen molar-refractivity contribution in [3.05, 3.63) is 54.5 Å². The molecule has 1 saturated carbocycles. The summed E-state index contributed by atoms with van der Waals surface area (Å²) in [6.45, 7) is 0. The van der Waals surface area contributed by atoms with Crippen LogP contribution < -0.4 is 20.7 Å². The molecule has 0 saturated heterocycles. The topological polar surface area (TPSA) is 118 Å². The average Bonchev–Trinajstić information content (AvgIpc) is 3.65. The van der Waals surface area contributed by atoms with Gasteiger partial charge in [0.1, 0.15) is 5.82 Å². The van der Waals surface area contributed by atoms with E-state index in [1.807, 2.05) is 18.2 Å². The number of amides is 2. The van der Waals surface area contributed by atoms with Crippen molar-refractivity contribution >= 4 is 29.1 Å². The molecular weight excluding hydrogens is 396 g/mol. The number of rotatable bonds is 7. The summed E-state index contributed by atoms with van der Waals surface area (Å²) in [6.07, 6.45) is 6.51. The van der Waals surface area contributed by atoms with Crippen LogP contribution in [-0.4, -0.2) is 40.9 Å². The molecule has 9 heteroatoms. The van der Waals surface area contributed by atoms with E-state index in [9.17, 15) is 9.59 Å². The second-order valence-electron chi connectivity index (χ2n) is 7.04. The highest BCUT2D eigenvalue weighted by atomic mass is 16.5. The summed E-state index contributed by atoms with van der Waals surface area (Å²) in [7, 11) is 3.08. The van der Waals surface area contributed by atoms with Crippen LogP contribution >= 0.6 is 0 Å². The van der Waals surface area contributed by atoms with Gasteiger partial charge < -0.3 is 20.7 Å². The van der Waals surface area contributed by atoms with E-state index in [0.717, 1.165) is 24.1 Å². The fourth-order valence-corrected chi connectivity index (χ4v) is 3.11. The Kier molecular flexibility index (Phi) is 5.74. The van der Waals surface area contributed by atoms with E-state index >= 15 is 0 Å². The number of ether oxygens (including phenoxy) is 1. The van der Waals surface area contributed by atoms with Crippen molar-refractivity contribution in [1.82, 2.24) is 20.3 Å². The molecule has 0 radical (unpaired) electrons. The molecular formula is C22H22N6O3. The van der Waals surface area contributed by atoms with Gasteiger partial charge in [0.2, 0.25) is 5.91 Å². The van der Waals surface area contributed by atoms with Crippen LogP contribution in [0.3, 0.4) is 0 Å². The molecule has 1 aliphatic rings. The van der Waals surface area contributed by atoms with E-state index in [4.69, 9.17) is 4.74 Å². The number of hydrogen-bond donors (Lipinski definition) is 3. The van der Waals surface area contributed by atoms with Gasteiger partial charge in [-0.15, -0.1) is 0 Å². The Hall–Kier alpha value is -4.01. The molecule has 4 rings (SSSR count). The fourth-order valence-electron chi connectivity index (χ4n) is 3.11. The number of pyridine rings is 3. The molecule has 1 aliphatic carbocycles. The van der Waals surface area contributed by atoms with Crippen LogP contribution in [0.2, 0.25) is 0 Å². The molecule has 3 heterocycles. The van der Waals surface area contributed by atoms with Crippen molar-refractivity contribution in [1.29, 1.82) is 0 Å². The lowest BCUT2D eigenvalue weighted by Crippen LogP contribution is -2.20. The van der Waals surface area contributed by atoms with Gasteiger partial charge in [0.15, 0.2) is 11.6 Å². The predicted octanol–water partition coefficient (Wildman–Crippen LogP) is 3.00. The molecule has 0 bridgehead atoms. The van der Waals surface area contributed by atoms with E-state index < -0.39 is 0 Å². The lowest BCUT2D eigenvalue weighted by molar-refractivity contribution is -0.117. The molecule has 158 valence electrons. The van der Waals surface area contributed by atoms with E-state index in [0.29, 0.717) is 28.6 Å². The number of nitrogens with zero attached hydrogens (tertiary/aromatic N) is 3. The number of hydrogen-bond acceptors (Lipinski definition) is 7. The number of methoxy groups -OCH3 is 1. The van der Waals surface area contributed by atoms with Crippen LogP contribution in [0.4, 0.5) is 17.3 Å². The Morgan fingerprint density at radius 3 is 2.61 bits per heavy atom. The van der Waals surface area contributed by atoms with Crippen molar-refractivity contribution in [2.45, 2.75) is 12.8 Å². The van der Waals surface area contributed by atoms with Crippen molar-refractivity contribution in [2.75, 3.05) is 24.8 Å². The summed E-state index contributed by atoms with van der Waals surface area (Å²) < 4.78 is 5.61. The van der Waals surface area contributed by atoms with Crippen molar-refractivity contribution in [3.63, 3.8) is 0 Å². The summed E-state index contributed by atoms with van der Waals surface area (Å²) in [6, 6.07) is 9.01. The van der Waals surface area contributed by atoms with Crippen LogP contribution in [0.1, 0.15) is 23.2 Å². The normalized spacial score (nSPS) is 12.7. The van der Waals surface area contributed by atoms with Crippen molar-refractivity contribution < 1.29 is 14.3 Å². The Labute approximate surface area is 179 Å². The fraction of sp³-hybridized carbons (Fsp3) is 0.227. The highest BCUT2D eigenvalue weighted by Gasteiger charge is 2.30. The average molecular weight is 418 g/mol. The number of carbonyl (C=O) groups excluding carboxylic acids is 2. The molecule has 0 unspecified atom stereocenters. The molecule has 0 atom stereocenters. The smallest absolute Gasteiger partial charge is 0.254 e. The van der Waals surface area contributed by atoms with E-state index in [-0.39, 0.29) is 17.7 Å². The molecule has 0 aromatic carbocycles. The van der Waals surface area contributed by atoms with Gasteiger partial charge in [0.25, 0.3) is 5.91 Å². The third kappa shape index (κ3) is 4.45. The predicted molar refractivity (Wildman–Crippen MR) is 116 cm³/mol. The number of aromatic nitrogens is 3. The van der Waals surface area contributed by atoms with Gasteiger partial charge in [-0.2, -0.15) is 0 Å². The standard InChI is InChI=1S/C22H22N6O3/c1-23-22(30)15-12-26-18(28-21(29)13-6-7-13)11-17(15)27-20-19(31-2)14(8-10-25-20)16-5-3-4-9-24-16/h3-5,8-13H,6-7H2,1-2H3,(H,23,30)(H2,25,26,27,28,29). The highest BCUT2D eigenvalue weighted by molar-refractivity contribution is 6.01.